The number of rotatable bonds is 2. The van der Waals surface area contributed by atoms with Crippen LogP contribution in [0.25, 0.3) is 5.57 Å². The molecule has 2 rings (SSSR count). The lowest BCUT2D eigenvalue weighted by Gasteiger charge is -2.03. The Hall–Kier alpha value is -0.990. The molecule has 4 heteroatoms. The van der Waals surface area contributed by atoms with Crippen molar-refractivity contribution in [2.75, 3.05) is 0 Å². The highest BCUT2D eigenvalue weighted by molar-refractivity contribution is 6.60. The summed E-state index contributed by atoms with van der Waals surface area (Å²) in [6.45, 7) is 6.82. The van der Waals surface area contributed by atoms with E-state index in [0.29, 0.717) is 5.41 Å². The molecule has 0 heterocycles. The normalized spacial score (nSPS) is 20.3. The van der Waals surface area contributed by atoms with E-state index in [-0.39, 0.29) is 0 Å². The second-order valence-electron chi connectivity index (χ2n) is 5.41. The lowest BCUT2D eigenvalue weighted by Crippen LogP contribution is -1.88. The van der Waals surface area contributed by atoms with Gasteiger partial charge in [0.15, 0.2) is 0 Å². The van der Waals surface area contributed by atoms with Crippen molar-refractivity contribution in [1.82, 2.24) is 0 Å². The van der Waals surface area contributed by atoms with E-state index in [1.807, 2.05) is 12.1 Å². The summed E-state index contributed by atoms with van der Waals surface area (Å²) in [6, 6.07) is 8.08. The molecule has 1 aliphatic carbocycles. The van der Waals surface area contributed by atoms with Gasteiger partial charge in [-0.15, -0.1) is 0 Å². The summed E-state index contributed by atoms with van der Waals surface area (Å²) in [5.41, 5.74) is 1.80. The third kappa shape index (κ3) is 5.66. The Kier molecular flexibility index (Phi) is 5.45. The summed E-state index contributed by atoms with van der Waals surface area (Å²) in [5.74, 6) is 0.758. The number of hydrogen-bond acceptors (Lipinski definition) is 1. The van der Waals surface area contributed by atoms with E-state index in [1.165, 1.54) is 17.6 Å². The van der Waals surface area contributed by atoms with Gasteiger partial charge in [-0.1, -0.05) is 43.7 Å². The van der Waals surface area contributed by atoms with E-state index in [4.69, 9.17) is 21.5 Å². The van der Waals surface area contributed by atoms with Crippen molar-refractivity contribution >= 4 is 34.2 Å². The minimum atomic E-state index is -1.36. The Bertz CT molecular complexity index is 471. The van der Waals surface area contributed by atoms with E-state index < -0.39 is 5.43 Å². The van der Waals surface area contributed by atoms with Crippen molar-refractivity contribution in [3.8, 4) is 0 Å². The molecule has 2 nitrogen and oxygen atoms in total. The first-order valence-corrected chi connectivity index (χ1v) is 6.81. The van der Waals surface area contributed by atoms with Gasteiger partial charge < -0.3 is 5.11 Å². The molecule has 0 saturated heterocycles. The fraction of sp³-hybridized carbons (Fsp3) is 0.400. The largest absolute Gasteiger partial charge is 0.469 e. The second-order valence-corrected chi connectivity index (χ2v) is 6.17. The van der Waals surface area contributed by atoms with Crippen LogP contribution in [0.1, 0.15) is 32.8 Å². The van der Waals surface area contributed by atoms with Gasteiger partial charge in [-0.05, 0) is 47.9 Å². The van der Waals surface area contributed by atoms with Crippen LogP contribution in [-0.2, 0) is 0 Å². The van der Waals surface area contributed by atoms with Gasteiger partial charge >= 0.3 is 5.43 Å². The van der Waals surface area contributed by atoms with E-state index in [1.54, 1.807) is 0 Å². The lowest BCUT2D eigenvalue weighted by atomic mass is 10.0. The van der Waals surface area contributed by atoms with Gasteiger partial charge in [0.1, 0.15) is 0 Å². The monoisotopic (exact) mass is 300 g/mol. The van der Waals surface area contributed by atoms with Crippen molar-refractivity contribution in [3.63, 3.8) is 0 Å². The van der Waals surface area contributed by atoms with Crippen LogP contribution in [0.5, 0.6) is 0 Å². The average molecular weight is 301 g/mol. The number of carboxylic acid groups (broad SMARTS) is 1. The topological polar surface area (TPSA) is 37.3 Å². The molecule has 1 saturated carbocycles. The van der Waals surface area contributed by atoms with Gasteiger partial charge in [-0.25, -0.2) is 4.79 Å². The molecule has 0 aromatic heterocycles. The lowest BCUT2D eigenvalue weighted by molar-refractivity contribution is 0.220. The maximum atomic E-state index is 8.77. The molecule has 1 unspecified atom stereocenters. The molecule has 1 fully saturated rings. The van der Waals surface area contributed by atoms with Crippen molar-refractivity contribution in [1.29, 1.82) is 0 Å². The van der Waals surface area contributed by atoms with Gasteiger partial charge in [0, 0.05) is 16.6 Å². The van der Waals surface area contributed by atoms with Crippen LogP contribution in [0.3, 0.4) is 0 Å². The Labute approximate surface area is 124 Å². The van der Waals surface area contributed by atoms with Crippen LogP contribution in [0.2, 0.25) is 5.02 Å². The first-order chi connectivity index (χ1) is 8.72. The molecule has 1 atom stereocenters. The summed E-state index contributed by atoms with van der Waals surface area (Å²) >= 11 is 10.1. The molecular formula is C15H18Cl2O2. The highest BCUT2D eigenvalue weighted by Crippen LogP contribution is 2.53. The number of allylic oxidation sites excluding steroid dienone is 2. The van der Waals surface area contributed by atoms with Crippen molar-refractivity contribution in [2.45, 2.75) is 27.2 Å². The molecule has 1 N–H and O–H groups in total. The van der Waals surface area contributed by atoms with E-state index in [2.05, 4.69) is 50.6 Å². The summed E-state index contributed by atoms with van der Waals surface area (Å²) in [7, 11) is 0. The predicted molar refractivity (Wildman–Crippen MR) is 80.9 cm³/mol. The van der Waals surface area contributed by atoms with Crippen LogP contribution in [0, 0.1) is 11.3 Å². The number of benzene rings is 1. The quantitative estimate of drug-likeness (QED) is 0.712. The first-order valence-electron chi connectivity index (χ1n) is 6.05. The zero-order chi connectivity index (χ0) is 14.6. The number of hydrogen-bond donors (Lipinski definition) is 1. The zero-order valence-corrected chi connectivity index (χ0v) is 12.8. The molecule has 19 heavy (non-hydrogen) atoms. The Morgan fingerprint density at radius 2 is 1.79 bits per heavy atom. The summed E-state index contributed by atoms with van der Waals surface area (Å²) in [6.07, 6.45) is 3.71. The summed E-state index contributed by atoms with van der Waals surface area (Å²) < 4.78 is 0. The maximum absolute atomic E-state index is 8.77. The molecule has 0 spiro atoms. The smallest absolute Gasteiger partial charge is 0.401 e. The van der Waals surface area contributed by atoms with Gasteiger partial charge in [0.2, 0.25) is 0 Å². The van der Waals surface area contributed by atoms with Crippen LogP contribution < -0.4 is 0 Å². The first kappa shape index (κ1) is 16.1. The van der Waals surface area contributed by atoms with Crippen LogP contribution in [-0.4, -0.2) is 10.5 Å². The Morgan fingerprint density at radius 3 is 2.16 bits per heavy atom. The third-order valence-corrected chi connectivity index (χ3v) is 3.59. The minimum Gasteiger partial charge on any atom is -0.469 e. The van der Waals surface area contributed by atoms with Crippen LogP contribution in [0.4, 0.5) is 4.79 Å². The molecule has 0 radical (unpaired) electrons. The molecule has 0 bridgehead atoms. The van der Waals surface area contributed by atoms with Crippen molar-refractivity contribution in [3.05, 3.63) is 40.9 Å². The molecule has 0 aliphatic heterocycles. The molecule has 104 valence electrons. The second kappa shape index (κ2) is 6.44. The Balaban J connectivity index is 0.000000399. The van der Waals surface area contributed by atoms with Crippen LogP contribution in [0.15, 0.2) is 30.3 Å². The van der Waals surface area contributed by atoms with E-state index in [0.717, 1.165) is 10.9 Å². The van der Waals surface area contributed by atoms with Gasteiger partial charge in [-0.2, -0.15) is 0 Å². The Morgan fingerprint density at radius 1 is 1.37 bits per heavy atom. The van der Waals surface area contributed by atoms with Crippen molar-refractivity contribution < 1.29 is 9.90 Å². The third-order valence-electron chi connectivity index (χ3n) is 3.34. The van der Waals surface area contributed by atoms with E-state index >= 15 is 0 Å². The predicted octanol–water partition coefficient (Wildman–Crippen LogP) is 5.69. The average Bonchev–Trinajstić information content (AvgIpc) is 2.85. The molecule has 1 aliphatic rings. The molecule has 0 amide bonds. The van der Waals surface area contributed by atoms with E-state index in [9.17, 15) is 0 Å². The zero-order valence-electron chi connectivity index (χ0n) is 11.3. The highest BCUT2D eigenvalue weighted by Gasteiger charge is 2.43. The number of carbonyl (C=O) groups is 1. The van der Waals surface area contributed by atoms with Crippen molar-refractivity contribution in [2.24, 2.45) is 11.3 Å². The summed E-state index contributed by atoms with van der Waals surface area (Å²) in [4.78, 5) is 8.77. The summed E-state index contributed by atoms with van der Waals surface area (Å²) in [5, 5.41) is 7.99. The van der Waals surface area contributed by atoms with Gasteiger partial charge in [-0.3, -0.25) is 0 Å². The molecular weight excluding hydrogens is 283 g/mol. The van der Waals surface area contributed by atoms with Crippen LogP contribution >= 0.6 is 23.2 Å². The standard InChI is InChI=1S/C14H17Cl.CHClO2/c1-10(8-12-9-14(12,2)3)11-4-6-13(15)7-5-11;2-1(3)4/h4-8,12H,9H2,1-3H3;(H,3,4). The minimum absolute atomic E-state index is 0.522. The fourth-order valence-electron chi connectivity index (χ4n) is 1.90. The molecule has 1 aromatic rings. The maximum Gasteiger partial charge on any atom is 0.401 e. The van der Waals surface area contributed by atoms with Gasteiger partial charge in [0.25, 0.3) is 0 Å². The number of halogens is 2. The molecule has 1 aromatic carbocycles. The highest BCUT2D eigenvalue weighted by atomic mass is 35.5. The SMILES string of the molecule is CC(=CC1CC1(C)C)c1ccc(Cl)cc1.O=C(O)Cl. The fourth-order valence-corrected chi connectivity index (χ4v) is 2.03. The van der Waals surface area contributed by atoms with Gasteiger partial charge in [0.05, 0.1) is 0 Å².